The maximum atomic E-state index is 5.87. The molecule has 0 aliphatic rings. The molecule has 0 saturated heterocycles. The van der Waals surface area contributed by atoms with Crippen LogP contribution in [0.15, 0.2) is 42.7 Å². The lowest BCUT2D eigenvalue weighted by Gasteiger charge is -2.17. The molecule has 1 aromatic heterocycles. The molecule has 94 valence electrons. The van der Waals surface area contributed by atoms with E-state index in [2.05, 4.69) is 48.4 Å². The lowest BCUT2D eigenvalue weighted by molar-refractivity contribution is 0.883. The van der Waals surface area contributed by atoms with Crippen LogP contribution in [0.5, 0.6) is 0 Å². The molecule has 1 heterocycles. The summed E-state index contributed by atoms with van der Waals surface area (Å²) in [6.45, 7) is 4.29. The summed E-state index contributed by atoms with van der Waals surface area (Å²) in [5.41, 5.74) is 10.1. The summed E-state index contributed by atoms with van der Waals surface area (Å²) in [6, 6.07) is 10.8. The Kier molecular flexibility index (Phi) is 3.82. The predicted octanol–water partition coefficient (Wildman–Crippen LogP) is 3.40. The van der Waals surface area contributed by atoms with Crippen LogP contribution in [0.2, 0.25) is 0 Å². The summed E-state index contributed by atoms with van der Waals surface area (Å²) in [5.74, 6) is 0. The number of nitrogens with two attached hydrogens (primary N) is 1. The largest absolute Gasteiger partial charge is 0.396 e. The highest BCUT2D eigenvalue weighted by Gasteiger charge is 2.06. The summed E-state index contributed by atoms with van der Waals surface area (Å²) < 4.78 is 0. The molecule has 18 heavy (non-hydrogen) atoms. The standard InChI is InChI=1S/C15H19N3/c1-3-12-4-6-13(7-5-12)11(2)18-15-8-9-17-10-14(15)16/h4-11H,3,16H2,1-2H3,(H,17,18). The monoisotopic (exact) mass is 241 g/mol. The third-order valence-electron chi connectivity index (χ3n) is 3.11. The Morgan fingerprint density at radius 3 is 2.56 bits per heavy atom. The second-order valence-electron chi connectivity index (χ2n) is 4.42. The van der Waals surface area contributed by atoms with Crippen molar-refractivity contribution in [2.75, 3.05) is 11.1 Å². The molecule has 3 N–H and O–H groups in total. The molecule has 3 heteroatoms. The number of benzene rings is 1. The molecule has 1 atom stereocenters. The number of aryl methyl sites for hydroxylation is 1. The van der Waals surface area contributed by atoms with Gasteiger partial charge in [-0.25, -0.2) is 0 Å². The normalized spacial score (nSPS) is 12.1. The van der Waals surface area contributed by atoms with Crippen LogP contribution < -0.4 is 11.1 Å². The average Bonchev–Trinajstić information content (AvgIpc) is 2.41. The van der Waals surface area contributed by atoms with E-state index < -0.39 is 0 Å². The van der Waals surface area contributed by atoms with Crippen LogP contribution in [0.25, 0.3) is 0 Å². The maximum Gasteiger partial charge on any atom is 0.0736 e. The summed E-state index contributed by atoms with van der Waals surface area (Å²) in [4.78, 5) is 3.98. The molecular formula is C15H19N3. The second kappa shape index (κ2) is 5.54. The lowest BCUT2D eigenvalue weighted by atomic mass is 10.0. The fourth-order valence-corrected chi connectivity index (χ4v) is 1.90. The van der Waals surface area contributed by atoms with Crippen LogP contribution >= 0.6 is 0 Å². The number of nitrogens with zero attached hydrogens (tertiary/aromatic N) is 1. The minimum atomic E-state index is 0.223. The van der Waals surface area contributed by atoms with Gasteiger partial charge in [-0.1, -0.05) is 31.2 Å². The van der Waals surface area contributed by atoms with Crippen molar-refractivity contribution < 1.29 is 0 Å². The van der Waals surface area contributed by atoms with E-state index in [4.69, 9.17) is 5.73 Å². The van der Waals surface area contributed by atoms with Crippen molar-refractivity contribution in [3.8, 4) is 0 Å². The zero-order valence-electron chi connectivity index (χ0n) is 10.9. The van der Waals surface area contributed by atoms with Gasteiger partial charge >= 0.3 is 0 Å². The number of aromatic nitrogens is 1. The third kappa shape index (κ3) is 2.80. The van der Waals surface area contributed by atoms with Crippen LogP contribution in [0, 0.1) is 0 Å². The summed E-state index contributed by atoms with van der Waals surface area (Å²) in [6.07, 6.45) is 4.47. The molecule has 0 spiro atoms. The van der Waals surface area contributed by atoms with Gasteiger partial charge < -0.3 is 11.1 Å². The van der Waals surface area contributed by atoms with Crippen molar-refractivity contribution in [1.29, 1.82) is 0 Å². The van der Waals surface area contributed by atoms with E-state index in [0.29, 0.717) is 5.69 Å². The van der Waals surface area contributed by atoms with E-state index in [0.717, 1.165) is 12.1 Å². The molecule has 0 fully saturated rings. The first-order valence-corrected chi connectivity index (χ1v) is 6.25. The Bertz CT molecular complexity index is 505. The highest BCUT2D eigenvalue weighted by atomic mass is 14.9. The number of hydrogen-bond donors (Lipinski definition) is 2. The van der Waals surface area contributed by atoms with Gasteiger partial charge in [0.25, 0.3) is 0 Å². The smallest absolute Gasteiger partial charge is 0.0736 e. The van der Waals surface area contributed by atoms with Crippen molar-refractivity contribution in [1.82, 2.24) is 4.98 Å². The Balaban J connectivity index is 2.11. The van der Waals surface area contributed by atoms with E-state index in [1.165, 1.54) is 11.1 Å². The fourth-order valence-electron chi connectivity index (χ4n) is 1.90. The van der Waals surface area contributed by atoms with Gasteiger partial charge in [0.1, 0.15) is 0 Å². The number of nitrogens with one attached hydrogen (secondary N) is 1. The summed E-state index contributed by atoms with van der Waals surface area (Å²) in [5, 5.41) is 3.40. The van der Waals surface area contributed by atoms with Crippen LogP contribution in [-0.4, -0.2) is 4.98 Å². The summed E-state index contributed by atoms with van der Waals surface area (Å²) in [7, 11) is 0. The van der Waals surface area contributed by atoms with E-state index in [1.54, 1.807) is 12.4 Å². The second-order valence-corrected chi connectivity index (χ2v) is 4.42. The Labute approximate surface area is 108 Å². The van der Waals surface area contributed by atoms with E-state index in [9.17, 15) is 0 Å². The minimum Gasteiger partial charge on any atom is -0.396 e. The van der Waals surface area contributed by atoms with Crippen LogP contribution in [0.4, 0.5) is 11.4 Å². The highest BCUT2D eigenvalue weighted by Crippen LogP contribution is 2.23. The molecule has 0 bridgehead atoms. The number of pyridine rings is 1. The first-order chi connectivity index (χ1) is 8.70. The molecule has 0 saturated carbocycles. The molecule has 2 aromatic rings. The SMILES string of the molecule is CCc1ccc(C(C)Nc2ccncc2N)cc1. The molecule has 0 aliphatic carbocycles. The van der Waals surface area contributed by atoms with Crippen molar-refractivity contribution in [3.63, 3.8) is 0 Å². The highest BCUT2D eigenvalue weighted by molar-refractivity contribution is 5.64. The molecule has 0 amide bonds. The number of rotatable bonds is 4. The van der Waals surface area contributed by atoms with Crippen molar-refractivity contribution in [2.24, 2.45) is 0 Å². The number of nitrogen functional groups attached to an aromatic ring is 1. The molecule has 2 rings (SSSR count). The molecule has 1 aromatic carbocycles. The van der Waals surface area contributed by atoms with E-state index in [-0.39, 0.29) is 6.04 Å². The molecule has 3 nitrogen and oxygen atoms in total. The Morgan fingerprint density at radius 2 is 1.94 bits per heavy atom. The number of hydrogen-bond acceptors (Lipinski definition) is 3. The lowest BCUT2D eigenvalue weighted by Crippen LogP contribution is -2.08. The van der Waals surface area contributed by atoms with Gasteiger partial charge in [-0.3, -0.25) is 4.98 Å². The number of anilines is 2. The van der Waals surface area contributed by atoms with Crippen molar-refractivity contribution >= 4 is 11.4 Å². The van der Waals surface area contributed by atoms with Gasteiger partial charge in [-0.05, 0) is 30.5 Å². The predicted molar refractivity (Wildman–Crippen MR) is 76.5 cm³/mol. The van der Waals surface area contributed by atoms with Gasteiger partial charge in [0.2, 0.25) is 0 Å². The topological polar surface area (TPSA) is 50.9 Å². The van der Waals surface area contributed by atoms with Gasteiger partial charge in [0.15, 0.2) is 0 Å². The summed E-state index contributed by atoms with van der Waals surface area (Å²) >= 11 is 0. The van der Waals surface area contributed by atoms with Gasteiger partial charge in [0.05, 0.1) is 17.6 Å². The van der Waals surface area contributed by atoms with Gasteiger partial charge in [0, 0.05) is 12.2 Å². The molecule has 0 radical (unpaired) electrons. The van der Waals surface area contributed by atoms with E-state index >= 15 is 0 Å². The first-order valence-electron chi connectivity index (χ1n) is 6.25. The van der Waals surface area contributed by atoms with Crippen molar-refractivity contribution in [2.45, 2.75) is 26.3 Å². The van der Waals surface area contributed by atoms with E-state index in [1.807, 2.05) is 6.07 Å². The van der Waals surface area contributed by atoms with Gasteiger partial charge in [-0.2, -0.15) is 0 Å². The molecule has 1 unspecified atom stereocenters. The van der Waals surface area contributed by atoms with Crippen LogP contribution in [0.1, 0.15) is 31.0 Å². The zero-order valence-corrected chi connectivity index (χ0v) is 10.9. The Morgan fingerprint density at radius 1 is 1.22 bits per heavy atom. The molecular weight excluding hydrogens is 222 g/mol. The Hall–Kier alpha value is -2.03. The fraction of sp³-hybridized carbons (Fsp3) is 0.267. The molecule has 0 aliphatic heterocycles. The third-order valence-corrected chi connectivity index (χ3v) is 3.11. The average molecular weight is 241 g/mol. The quantitative estimate of drug-likeness (QED) is 0.862. The van der Waals surface area contributed by atoms with Crippen LogP contribution in [-0.2, 0) is 6.42 Å². The van der Waals surface area contributed by atoms with Crippen LogP contribution in [0.3, 0.4) is 0 Å². The first kappa shape index (κ1) is 12.4. The minimum absolute atomic E-state index is 0.223. The zero-order chi connectivity index (χ0) is 13.0. The van der Waals surface area contributed by atoms with Gasteiger partial charge in [-0.15, -0.1) is 0 Å². The van der Waals surface area contributed by atoms with Crippen molar-refractivity contribution in [3.05, 3.63) is 53.9 Å². The maximum absolute atomic E-state index is 5.87.